The fourth-order valence-electron chi connectivity index (χ4n) is 2.89. The van der Waals surface area contributed by atoms with Gasteiger partial charge in [-0.3, -0.25) is 4.90 Å². The lowest BCUT2D eigenvalue weighted by molar-refractivity contribution is -0.137. The molecule has 6 nitrogen and oxygen atoms in total. The van der Waals surface area contributed by atoms with Crippen LogP contribution in [-0.4, -0.2) is 40.8 Å². The Morgan fingerprint density at radius 3 is 2.78 bits per heavy atom. The first-order valence-electron chi connectivity index (χ1n) is 9.29. The van der Waals surface area contributed by atoms with Crippen molar-refractivity contribution in [2.24, 2.45) is 0 Å². The second-order valence-corrected chi connectivity index (χ2v) is 6.33. The second kappa shape index (κ2) is 11.2. The van der Waals surface area contributed by atoms with Crippen molar-refractivity contribution in [2.75, 3.05) is 6.61 Å². The zero-order valence-electron chi connectivity index (χ0n) is 15.6. The molecule has 1 heterocycles. The van der Waals surface area contributed by atoms with Crippen LogP contribution >= 0.6 is 0 Å². The zero-order valence-corrected chi connectivity index (χ0v) is 15.6. The Kier molecular flexibility index (Phi) is 8.58. The van der Waals surface area contributed by atoms with Crippen LogP contribution in [0.25, 0.3) is 0 Å². The van der Waals surface area contributed by atoms with Gasteiger partial charge in [0.1, 0.15) is 6.61 Å². The molecular weight excluding hydrogens is 346 g/mol. The van der Waals surface area contributed by atoms with Crippen LogP contribution in [-0.2, 0) is 20.9 Å². The van der Waals surface area contributed by atoms with Gasteiger partial charge in [0, 0.05) is 18.3 Å². The maximum absolute atomic E-state index is 12.4. The first-order chi connectivity index (χ1) is 13.1. The second-order valence-electron chi connectivity index (χ2n) is 6.33. The molecule has 0 aliphatic carbocycles. The number of amides is 1. The minimum atomic E-state index is -0.566. The standard InChI is InChI=1S/C21H27NO5/c1-2-26-20(24)12-8-4-7-11-18-15-19(23)13-14-22(18)21(25)27-16-17-9-5-3-6-10-17/h3,5-6,8-10,12-14,18-19,23H,2,4,7,11,15-16H2,1H3/b12-8+. The number of allylic oxidation sites excluding steroid dienone is 1. The lowest BCUT2D eigenvalue weighted by Gasteiger charge is -2.32. The highest BCUT2D eigenvalue weighted by atomic mass is 16.6. The zero-order chi connectivity index (χ0) is 19.5. The first kappa shape index (κ1) is 20.7. The van der Waals surface area contributed by atoms with Gasteiger partial charge in [0.2, 0.25) is 0 Å². The number of unbranched alkanes of at least 4 members (excludes halogenated alkanes) is 1. The first-order valence-corrected chi connectivity index (χ1v) is 9.29. The van der Waals surface area contributed by atoms with Gasteiger partial charge in [0.15, 0.2) is 0 Å². The van der Waals surface area contributed by atoms with Gasteiger partial charge in [0.25, 0.3) is 0 Å². The van der Waals surface area contributed by atoms with Gasteiger partial charge in [-0.05, 0) is 44.2 Å². The molecule has 0 spiro atoms. The van der Waals surface area contributed by atoms with E-state index >= 15 is 0 Å². The SMILES string of the molecule is CCOC(=O)/C=C/CCCC1CC(O)C=CN1C(=O)OCc1ccccc1. The number of hydrogen-bond donors (Lipinski definition) is 1. The molecule has 0 bridgehead atoms. The molecule has 2 rings (SSSR count). The number of hydrogen-bond acceptors (Lipinski definition) is 5. The number of aliphatic hydroxyl groups is 1. The summed E-state index contributed by atoms with van der Waals surface area (Å²) in [6, 6.07) is 9.36. The summed E-state index contributed by atoms with van der Waals surface area (Å²) in [5.74, 6) is -0.348. The summed E-state index contributed by atoms with van der Waals surface area (Å²) in [7, 11) is 0. The number of benzene rings is 1. The van der Waals surface area contributed by atoms with E-state index in [1.165, 1.54) is 6.08 Å². The number of carbonyl (C=O) groups is 2. The molecule has 146 valence electrons. The molecule has 6 heteroatoms. The van der Waals surface area contributed by atoms with Crippen molar-refractivity contribution < 1.29 is 24.2 Å². The van der Waals surface area contributed by atoms with Gasteiger partial charge < -0.3 is 14.6 Å². The summed E-state index contributed by atoms with van der Waals surface area (Å²) in [5.41, 5.74) is 0.924. The smallest absolute Gasteiger partial charge is 0.414 e. The Labute approximate surface area is 160 Å². The van der Waals surface area contributed by atoms with Crippen LogP contribution in [0.4, 0.5) is 4.79 Å². The van der Waals surface area contributed by atoms with E-state index in [2.05, 4.69) is 0 Å². The topological polar surface area (TPSA) is 76.1 Å². The average molecular weight is 373 g/mol. The van der Waals surface area contributed by atoms with E-state index < -0.39 is 12.2 Å². The van der Waals surface area contributed by atoms with Crippen molar-refractivity contribution in [1.29, 1.82) is 0 Å². The van der Waals surface area contributed by atoms with Crippen LogP contribution in [0.3, 0.4) is 0 Å². The number of carbonyl (C=O) groups excluding carboxylic acids is 2. The summed E-state index contributed by atoms with van der Waals surface area (Å²) < 4.78 is 10.2. The molecule has 1 aliphatic heterocycles. The van der Waals surface area contributed by atoms with E-state index in [0.29, 0.717) is 25.9 Å². The van der Waals surface area contributed by atoms with E-state index in [-0.39, 0.29) is 18.6 Å². The van der Waals surface area contributed by atoms with Gasteiger partial charge >= 0.3 is 12.1 Å². The molecule has 0 saturated heterocycles. The van der Waals surface area contributed by atoms with Crippen LogP contribution in [0, 0.1) is 0 Å². The largest absolute Gasteiger partial charge is 0.463 e. The highest BCUT2D eigenvalue weighted by Crippen LogP contribution is 2.22. The van der Waals surface area contributed by atoms with Crippen molar-refractivity contribution in [2.45, 2.75) is 51.4 Å². The van der Waals surface area contributed by atoms with Crippen molar-refractivity contribution in [3.05, 3.63) is 60.3 Å². The van der Waals surface area contributed by atoms with Crippen molar-refractivity contribution in [3.8, 4) is 0 Å². The van der Waals surface area contributed by atoms with Crippen LogP contribution in [0.1, 0.15) is 38.2 Å². The van der Waals surface area contributed by atoms with Crippen LogP contribution in [0.15, 0.2) is 54.8 Å². The van der Waals surface area contributed by atoms with Gasteiger partial charge in [-0.15, -0.1) is 0 Å². The molecule has 2 atom stereocenters. The maximum atomic E-state index is 12.4. The maximum Gasteiger partial charge on any atom is 0.414 e. The lowest BCUT2D eigenvalue weighted by Crippen LogP contribution is -2.41. The Bertz CT molecular complexity index is 656. The number of esters is 1. The van der Waals surface area contributed by atoms with E-state index in [4.69, 9.17) is 9.47 Å². The van der Waals surface area contributed by atoms with Crippen LogP contribution < -0.4 is 0 Å². The van der Waals surface area contributed by atoms with Crippen molar-refractivity contribution in [3.63, 3.8) is 0 Å². The third-order valence-electron chi connectivity index (χ3n) is 4.24. The molecule has 1 aromatic rings. The van der Waals surface area contributed by atoms with Gasteiger partial charge in [0.05, 0.1) is 12.7 Å². The molecule has 1 aliphatic rings. The number of rotatable bonds is 8. The third-order valence-corrected chi connectivity index (χ3v) is 4.24. The van der Waals surface area contributed by atoms with E-state index in [1.54, 1.807) is 30.2 Å². The fourth-order valence-corrected chi connectivity index (χ4v) is 2.89. The average Bonchev–Trinajstić information content (AvgIpc) is 2.67. The summed E-state index contributed by atoms with van der Waals surface area (Å²) in [6.45, 7) is 2.33. The quantitative estimate of drug-likeness (QED) is 0.428. The molecule has 1 N–H and O–H groups in total. The number of aliphatic hydroxyl groups excluding tert-OH is 1. The van der Waals surface area contributed by atoms with Crippen LogP contribution in [0.5, 0.6) is 0 Å². The molecule has 0 radical (unpaired) electrons. The predicted octanol–water partition coefficient (Wildman–Crippen LogP) is 3.56. The number of nitrogens with zero attached hydrogens (tertiary/aromatic N) is 1. The molecule has 2 unspecified atom stereocenters. The monoisotopic (exact) mass is 373 g/mol. The number of ether oxygens (including phenoxy) is 2. The van der Waals surface area contributed by atoms with Crippen molar-refractivity contribution >= 4 is 12.1 Å². The Morgan fingerprint density at radius 1 is 1.26 bits per heavy atom. The fraction of sp³-hybridized carbons (Fsp3) is 0.429. The highest BCUT2D eigenvalue weighted by molar-refractivity contribution is 5.81. The predicted molar refractivity (Wildman–Crippen MR) is 102 cm³/mol. The Balaban J connectivity index is 1.82. The summed E-state index contributed by atoms with van der Waals surface area (Å²) in [5, 5.41) is 9.88. The molecule has 1 aromatic carbocycles. The van der Waals surface area contributed by atoms with E-state index in [9.17, 15) is 14.7 Å². The normalized spacial score (nSPS) is 19.3. The molecule has 1 amide bonds. The molecule has 0 saturated carbocycles. The van der Waals surface area contributed by atoms with E-state index in [0.717, 1.165) is 12.0 Å². The Hall–Kier alpha value is -2.60. The Morgan fingerprint density at radius 2 is 2.04 bits per heavy atom. The lowest BCUT2D eigenvalue weighted by atomic mass is 9.99. The molecule has 0 aromatic heterocycles. The van der Waals surface area contributed by atoms with Crippen LogP contribution in [0.2, 0.25) is 0 Å². The minimum Gasteiger partial charge on any atom is -0.463 e. The van der Waals surface area contributed by atoms with E-state index in [1.807, 2.05) is 30.3 Å². The summed E-state index contributed by atoms with van der Waals surface area (Å²) in [6.07, 6.45) is 8.05. The minimum absolute atomic E-state index is 0.135. The summed E-state index contributed by atoms with van der Waals surface area (Å²) in [4.78, 5) is 25.2. The molecular formula is C21H27NO5. The summed E-state index contributed by atoms with van der Waals surface area (Å²) >= 11 is 0. The molecule has 0 fully saturated rings. The van der Waals surface area contributed by atoms with Gasteiger partial charge in [-0.2, -0.15) is 0 Å². The van der Waals surface area contributed by atoms with Crippen molar-refractivity contribution in [1.82, 2.24) is 4.90 Å². The highest BCUT2D eigenvalue weighted by Gasteiger charge is 2.28. The van der Waals surface area contributed by atoms with Gasteiger partial charge in [-0.25, -0.2) is 9.59 Å². The van der Waals surface area contributed by atoms with Gasteiger partial charge in [-0.1, -0.05) is 36.4 Å². The molecule has 27 heavy (non-hydrogen) atoms. The third kappa shape index (κ3) is 7.27.